The van der Waals surface area contributed by atoms with E-state index in [1.165, 1.54) is 32.8 Å². The molecule has 0 saturated carbocycles. The smallest absolute Gasteiger partial charge is 0.273 e. The molecule has 1 amide bonds. The molecular weight excluding hydrogens is 352 g/mol. The van der Waals surface area contributed by atoms with Crippen LogP contribution >= 0.6 is 0 Å². The third kappa shape index (κ3) is 7.16. The SMILES string of the molecule is CCCCCCCOc1ccccc1/C=N\NC(=O)[C@@H](OC)c1ccccc1. The van der Waals surface area contributed by atoms with E-state index in [-0.39, 0.29) is 5.91 Å². The van der Waals surface area contributed by atoms with Crippen LogP contribution in [-0.2, 0) is 9.53 Å². The van der Waals surface area contributed by atoms with E-state index in [0.717, 1.165) is 23.3 Å². The molecule has 2 rings (SSSR count). The van der Waals surface area contributed by atoms with Gasteiger partial charge in [0.15, 0.2) is 6.10 Å². The van der Waals surface area contributed by atoms with Crippen molar-refractivity contribution in [3.63, 3.8) is 0 Å². The van der Waals surface area contributed by atoms with Crippen LogP contribution in [0.25, 0.3) is 0 Å². The van der Waals surface area contributed by atoms with Gasteiger partial charge in [-0.3, -0.25) is 4.79 Å². The number of benzene rings is 2. The maximum absolute atomic E-state index is 12.4. The summed E-state index contributed by atoms with van der Waals surface area (Å²) in [6, 6.07) is 17.0. The number of carbonyl (C=O) groups is 1. The fourth-order valence-corrected chi connectivity index (χ4v) is 2.85. The van der Waals surface area contributed by atoms with Gasteiger partial charge in [0.1, 0.15) is 5.75 Å². The van der Waals surface area contributed by atoms with E-state index in [0.29, 0.717) is 6.61 Å². The van der Waals surface area contributed by atoms with E-state index >= 15 is 0 Å². The van der Waals surface area contributed by atoms with Crippen molar-refractivity contribution in [3.8, 4) is 5.75 Å². The molecule has 5 heteroatoms. The molecule has 0 aliphatic heterocycles. The highest BCUT2D eigenvalue weighted by Gasteiger charge is 2.19. The molecule has 2 aromatic rings. The predicted molar refractivity (Wildman–Crippen MR) is 113 cm³/mol. The lowest BCUT2D eigenvalue weighted by Crippen LogP contribution is -2.26. The number of rotatable bonds is 12. The number of para-hydroxylation sites is 1. The standard InChI is InChI=1S/C23H30N2O3/c1-3-4-5-6-12-17-28-21-16-11-10-15-20(21)18-24-25-23(26)22(27-2)19-13-8-7-9-14-19/h7-11,13-16,18,22H,3-6,12,17H2,1-2H3,(H,25,26)/b24-18-/t22-/m0/s1. The van der Waals surface area contributed by atoms with Gasteiger partial charge >= 0.3 is 0 Å². The first kappa shape index (κ1) is 21.6. The van der Waals surface area contributed by atoms with Gasteiger partial charge in [0.2, 0.25) is 0 Å². The van der Waals surface area contributed by atoms with Crippen molar-refractivity contribution in [3.05, 3.63) is 65.7 Å². The second-order valence-electron chi connectivity index (χ2n) is 6.56. The lowest BCUT2D eigenvalue weighted by molar-refractivity contribution is -0.131. The minimum Gasteiger partial charge on any atom is -0.493 e. The Labute approximate surface area is 167 Å². The van der Waals surface area contributed by atoms with Gasteiger partial charge in [-0.1, -0.05) is 75.1 Å². The molecule has 0 radical (unpaired) electrons. The third-order valence-corrected chi connectivity index (χ3v) is 4.38. The molecule has 0 spiro atoms. The molecular formula is C23H30N2O3. The summed E-state index contributed by atoms with van der Waals surface area (Å²) in [5.74, 6) is 0.446. The molecule has 0 aliphatic rings. The van der Waals surface area contributed by atoms with Crippen LogP contribution in [0.5, 0.6) is 5.75 Å². The summed E-state index contributed by atoms with van der Waals surface area (Å²) >= 11 is 0. The van der Waals surface area contributed by atoms with Crippen LogP contribution in [0, 0.1) is 0 Å². The van der Waals surface area contributed by atoms with Gasteiger partial charge in [0.25, 0.3) is 5.91 Å². The van der Waals surface area contributed by atoms with Crippen LogP contribution in [0.3, 0.4) is 0 Å². The number of hydrogen-bond acceptors (Lipinski definition) is 4. The van der Waals surface area contributed by atoms with Crippen molar-refractivity contribution in [2.24, 2.45) is 5.10 Å². The summed E-state index contributed by atoms with van der Waals surface area (Å²) in [4.78, 5) is 12.4. The lowest BCUT2D eigenvalue weighted by Gasteiger charge is -2.13. The maximum atomic E-state index is 12.4. The maximum Gasteiger partial charge on any atom is 0.273 e. The number of unbranched alkanes of at least 4 members (excludes halogenated alkanes) is 4. The number of methoxy groups -OCH3 is 1. The Morgan fingerprint density at radius 2 is 1.75 bits per heavy atom. The van der Waals surface area contributed by atoms with E-state index in [9.17, 15) is 4.79 Å². The zero-order chi connectivity index (χ0) is 20.0. The van der Waals surface area contributed by atoms with Crippen molar-refractivity contribution in [2.75, 3.05) is 13.7 Å². The highest BCUT2D eigenvalue weighted by Crippen LogP contribution is 2.18. The van der Waals surface area contributed by atoms with Gasteiger partial charge in [-0.05, 0) is 24.1 Å². The number of hydrazone groups is 1. The Balaban J connectivity index is 1.88. The first-order valence-corrected chi connectivity index (χ1v) is 9.88. The molecule has 150 valence electrons. The quantitative estimate of drug-likeness (QED) is 0.323. The summed E-state index contributed by atoms with van der Waals surface area (Å²) in [6.07, 6.45) is 6.87. The fourth-order valence-electron chi connectivity index (χ4n) is 2.85. The number of amides is 1. The first-order chi connectivity index (χ1) is 13.8. The zero-order valence-corrected chi connectivity index (χ0v) is 16.8. The van der Waals surface area contributed by atoms with E-state index in [4.69, 9.17) is 9.47 Å². The molecule has 28 heavy (non-hydrogen) atoms. The number of carbonyl (C=O) groups excluding carboxylic acids is 1. The molecule has 0 unspecified atom stereocenters. The van der Waals surface area contributed by atoms with Crippen LogP contribution in [0.15, 0.2) is 59.7 Å². The zero-order valence-electron chi connectivity index (χ0n) is 16.8. The first-order valence-electron chi connectivity index (χ1n) is 9.88. The molecule has 0 bridgehead atoms. The second kappa shape index (κ2) is 12.7. The second-order valence-corrected chi connectivity index (χ2v) is 6.56. The monoisotopic (exact) mass is 382 g/mol. The molecule has 0 aromatic heterocycles. The highest BCUT2D eigenvalue weighted by atomic mass is 16.5. The number of nitrogens with zero attached hydrogens (tertiary/aromatic N) is 1. The average molecular weight is 383 g/mol. The van der Waals surface area contributed by atoms with Crippen molar-refractivity contribution >= 4 is 12.1 Å². The number of nitrogens with one attached hydrogen (secondary N) is 1. The summed E-state index contributed by atoms with van der Waals surface area (Å²) in [5, 5.41) is 4.08. The van der Waals surface area contributed by atoms with Gasteiger partial charge in [-0.15, -0.1) is 0 Å². The van der Waals surface area contributed by atoms with Crippen molar-refractivity contribution < 1.29 is 14.3 Å². The molecule has 0 saturated heterocycles. The predicted octanol–water partition coefficient (Wildman–Crippen LogP) is 4.87. The van der Waals surface area contributed by atoms with E-state index in [1.54, 1.807) is 6.21 Å². The van der Waals surface area contributed by atoms with E-state index in [2.05, 4.69) is 17.5 Å². The largest absolute Gasteiger partial charge is 0.493 e. The summed E-state index contributed by atoms with van der Waals surface area (Å²) in [5.41, 5.74) is 4.15. The van der Waals surface area contributed by atoms with E-state index in [1.807, 2.05) is 54.6 Å². The summed E-state index contributed by atoms with van der Waals surface area (Å²) < 4.78 is 11.2. The van der Waals surface area contributed by atoms with Crippen LogP contribution in [0.2, 0.25) is 0 Å². The summed E-state index contributed by atoms with van der Waals surface area (Å²) in [7, 11) is 1.50. The molecule has 0 fully saturated rings. The molecule has 2 aromatic carbocycles. The Morgan fingerprint density at radius 3 is 2.50 bits per heavy atom. The Bertz CT molecular complexity index is 732. The van der Waals surface area contributed by atoms with Crippen LogP contribution in [-0.4, -0.2) is 25.8 Å². The summed E-state index contributed by atoms with van der Waals surface area (Å²) in [6.45, 7) is 2.89. The number of hydrogen-bond donors (Lipinski definition) is 1. The molecule has 0 heterocycles. The minimum atomic E-state index is -0.701. The van der Waals surface area contributed by atoms with E-state index < -0.39 is 6.10 Å². The van der Waals surface area contributed by atoms with Gasteiger partial charge in [0, 0.05) is 12.7 Å². The number of ether oxygens (including phenoxy) is 2. The van der Waals surface area contributed by atoms with Gasteiger partial charge in [-0.25, -0.2) is 5.43 Å². The molecule has 1 atom stereocenters. The fraction of sp³-hybridized carbons (Fsp3) is 0.391. The average Bonchev–Trinajstić information content (AvgIpc) is 2.73. The van der Waals surface area contributed by atoms with Crippen molar-refractivity contribution in [1.82, 2.24) is 5.43 Å². The van der Waals surface area contributed by atoms with Crippen LogP contribution in [0.1, 0.15) is 56.3 Å². The molecule has 5 nitrogen and oxygen atoms in total. The highest BCUT2D eigenvalue weighted by molar-refractivity contribution is 5.86. The Hall–Kier alpha value is -2.66. The van der Waals surface area contributed by atoms with Gasteiger partial charge in [-0.2, -0.15) is 5.10 Å². The third-order valence-electron chi connectivity index (χ3n) is 4.38. The Kier molecular flexibility index (Phi) is 9.80. The normalized spacial score (nSPS) is 12.1. The van der Waals surface area contributed by atoms with Crippen LogP contribution in [0.4, 0.5) is 0 Å². The van der Waals surface area contributed by atoms with Crippen LogP contribution < -0.4 is 10.2 Å². The van der Waals surface area contributed by atoms with Gasteiger partial charge < -0.3 is 9.47 Å². The lowest BCUT2D eigenvalue weighted by atomic mass is 10.1. The molecule has 0 aliphatic carbocycles. The minimum absolute atomic E-state index is 0.320. The Morgan fingerprint density at radius 1 is 1.04 bits per heavy atom. The van der Waals surface area contributed by atoms with Crippen molar-refractivity contribution in [2.45, 2.75) is 45.1 Å². The van der Waals surface area contributed by atoms with Crippen molar-refractivity contribution in [1.29, 1.82) is 0 Å². The molecule has 1 N–H and O–H groups in total. The topological polar surface area (TPSA) is 59.9 Å². The van der Waals surface area contributed by atoms with Gasteiger partial charge in [0.05, 0.1) is 12.8 Å².